The summed E-state index contributed by atoms with van der Waals surface area (Å²) in [4.78, 5) is 11.6. The highest BCUT2D eigenvalue weighted by Gasteiger charge is 2.15. The van der Waals surface area contributed by atoms with Crippen LogP contribution in [0, 0.1) is 0 Å². The van der Waals surface area contributed by atoms with E-state index in [0.29, 0.717) is 17.2 Å². The number of benzene rings is 1. The molecule has 0 fully saturated rings. The van der Waals surface area contributed by atoms with Crippen LogP contribution in [0.1, 0.15) is 6.92 Å². The summed E-state index contributed by atoms with van der Waals surface area (Å²) in [5.74, 6) is 1.29. The van der Waals surface area contributed by atoms with Crippen molar-refractivity contribution in [3.05, 3.63) is 18.2 Å². The van der Waals surface area contributed by atoms with Crippen LogP contribution in [0.3, 0.4) is 0 Å². The molecule has 1 aromatic carbocycles. The number of ether oxygens (including phenoxy) is 2. The van der Waals surface area contributed by atoms with Gasteiger partial charge in [0.15, 0.2) is 11.5 Å². The van der Waals surface area contributed by atoms with E-state index in [0.717, 1.165) is 0 Å². The molecule has 1 aliphatic heterocycles. The molecule has 1 amide bonds. The Morgan fingerprint density at radius 1 is 1.38 bits per heavy atom. The first-order chi connectivity index (χ1) is 7.70. The molecule has 2 rings (SSSR count). The van der Waals surface area contributed by atoms with Crippen LogP contribution >= 0.6 is 0 Å². The van der Waals surface area contributed by atoms with Gasteiger partial charge in [0.05, 0.1) is 6.04 Å². The average Bonchev–Trinajstić information content (AvgIpc) is 2.75. The van der Waals surface area contributed by atoms with Gasteiger partial charge >= 0.3 is 0 Å². The topological polar surface area (TPSA) is 59.6 Å². The molecule has 0 spiro atoms. The fraction of sp³-hybridized carbons (Fsp3) is 0.364. The molecule has 0 aliphatic carbocycles. The van der Waals surface area contributed by atoms with Gasteiger partial charge in [0.1, 0.15) is 0 Å². The van der Waals surface area contributed by atoms with Gasteiger partial charge in [-0.3, -0.25) is 4.79 Å². The van der Waals surface area contributed by atoms with Crippen molar-refractivity contribution >= 4 is 11.6 Å². The highest BCUT2D eigenvalue weighted by atomic mass is 16.7. The lowest BCUT2D eigenvalue weighted by Gasteiger charge is -2.11. The Balaban J connectivity index is 2.08. The Morgan fingerprint density at radius 3 is 2.88 bits per heavy atom. The van der Waals surface area contributed by atoms with Crippen molar-refractivity contribution in [1.29, 1.82) is 0 Å². The zero-order valence-corrected chi connectivity index (χ0v) is 9.24. The maximum Gasteiger partial charge on any atom is 0.241 e. The van der Waals surface area contributed by atoms with Crippen molar-refractivity contribution in [2.45, 2.75) is 13.0 Å². The molecule has 0 bridgehead atoms. The Bertz CT molecular complexity index is 406. The first-order valence-electron chi connectivity index (χ1n) is 5.08. The summed E-state index contributed by atoms with van der Waals surface area (Å²) in [5.41, 5.74) is 0.705. The second-order valence-corrected chi connectivity index (χ2v) is 3.57. The minimum Gasteiger partial charge on any atom is -0.454 e. The summed E-state index contributed by atoms with van der Waals surface area (Å²) in [6, 6.07) is 5.09. The predicted octanol–water partition coefficient (Wildman–Crippen LogP) is 0.962. The number of hydrogen-bond donors (Lipinski definition) is 2. The van der Waals surface area contributed by atoms with Gasteiger partial charge in [-0.15, -0.1) is 0 Å². The summed E-state index contributed by atoms with van der Waals surface area (Å²) in [6.45, 7) is 2.03. The number of nitrogens with one attached hydrogen (secondary N) is 2. The summed E-state index contributed by atoms with van der Waals surface area (Å²) in [5, 5.41) is 5.65. The summed E-state index contributed by atoms with van der Waals surface area (Å²) >= 11 is 0. The minimum atomic E-state index is -0.231. The number of carbonyl (C=O) groups is 1. The van der Waals surface area contributed by atoms with Crippen LogP contribution in [-0.4, -0.2) is 25.8 Å². The molecular formula is C11H14N2O3. The van der Waals surface area contributed by atoms with Crippen LogP contribution in [-0.2, 0) is 4.79 Å². The maximum atomic E-state index is 11.6. The van der Waals surface area contributed by atoms with E-state index >= 15 is 0 Å². The largest absolute Gasteiger partial charge is 0.454 e. The fourth-order valence-corrected chi connectivity index (χ4v) is 1.36. The van der Waals surface area contributed by atoms with Crippen molar-refractivity contribution in [3.63, 3.8) is 0 Å². The lowest BCUT2D eigenvalue weighted by molar-refractivity contribution is -0.117. The van der Waals surface area contributed by atoms with Crippen LogP contribution in [0.25, 0.3) is 0 Å². The Kier molecular flexibility index (Phi) is 2.96. The number of fused-ring (bicyclic) bond motifs is 1. The average molecular weight is 222 g/mol. The number of anilines is 1. The molecule has 1 aliphatic rings. The van der Waals surface area contributed by atoms with E-state index in [1.807, 2.05) is 0 Å². The number of rotatable bonds is 3. The highest BCUT2D eigenvalue weighted by molar-refractivity contribution is 5.94. The predicted molar refractivity (Wildman–Crippen MR) is 59.7 cm³/mol. The molecule has 1 unspecified atom stereocenters. The highest BCUT2D eigenvalue weighted by Crippen LogP contribution is 2.34. The van der Waals surface area contributed by atoms with E-state index in [1.165, 1.54) is 0 Å². The number of carbonyl (C=O) groups excluding carboxylic acids is 1. The van der Waals surface area contributed by atoms with Gasteiger partial charge in [0.2, 0.25) is 12.7 Å². The molecule has 1 aromatic rings. The summed E-state index contributed by atoms with van der Waals surface area (Å²) < 4.78 is 10.4. The first-order valence-corrected chi connectivity index (χ1v) is 5.08. The Morgan fingerprint density at radius 2 is 2.12 bits per heavy atom. The quantitative estimate of drug-likeness (QED) is 0.799. The molecule has 5 nitrogen and oxygen atoms in total. The zero-order valence-electron chi connectivity index (χ0n) is 9.24. The van der Waals surface area contributed by atoms with Crippen LogP contribution in [0.2, 0.25) is 0 Å². The van der Waals surface area contributed by atoms with Gasteiger partial charge < -0.3 is 20.1 Å². The third-order valence-corrected chi connectivity index (χ3v) is 2.47. The number of likely N-dealkylation sites (N-methyl/N-ethyl adjacent to an activating group) is 1. The van der Waals surface area contributed by atoms with Gasteiger partial charge in [-0.1, -0.05) is 0 Å². The van der Waals surface area contributed by atoms with Crippen LogP contribution < -0.4 is 20.1 Å². The molecule has 0 saturated carbocycles. The Labute approximate surface area is 93.7 Å². The molecule has 1 heterocycles. The molecule has 16 heavy (non-hydrogen) atoms. The van der Waals surface area contributed by atoms with Crippen molar-refractivity contribution in [2.24, 2.45) is 0 Å². The fourth-order valence-electron chi connectivity index (χ4n) is 1.36. The van der Waals surface area contributed by atoms with Gasteiger partial charge in [0.25, 0.3) is 0 Å². The third kappa shape index (κ3) is 2.09. The molecule has 2 N–H and O–H groups in total. The van der Waals surface area contributed by atoms with Crippen LogP contribution in [0.5, 0.6) is 11.5 Å². The van der Waals surface area contributed by atoms with Gasteiger partial charge in [-0.25, -0.2) is 0 Å². The lowest BCUT2D eigenvalue weighted by Crippen LogP contribution is -2.35. The van der Waals surface area contributed by atoms with E-state index in [4.69, 9.17) is 9.47 Å². The zero-order chi connectivity index (χ0) is 11.5. The van der Waals surface area contributed by atoms with Crippen LogP contribution in [0.15, 0.2) is 18.2 Å². The maximum absolute atomic E-state index is 11.6. The lowest BCUT2D eigenvalue weighted by atomic mass is 10.2. The van der Waals surface area contributed by atoms with Crippen molar-refractivity contribution in [1.82, 2.24) is 5.32 Å². The van der Waals surface area contributed by atoms with E-state index in [-0.39, 0.29) is 18.7 Å². The monoisotopic (exact) mass is 222 g/mol. The molecule has 0 radical (unpaired) electrons. The van der Waals surface area contributed by atoms with E-state index < -0.39 is 0 Å². The normalized spacial score (nSPS) is 14.6. The SMILES string of the molecule is CNC(C)C(=O)Nc1ccc2c(c1)OCO2. The van der Waals surface area contributed by atoms with Crippen molar-refractivity contribution in [2.75, 3.05) is 19.2 Å². The first kappa shape index (κ1) is 10.8. The number of hydrogen-bond acceptors (Lipinski definition) is 4. The van der Waals surface area contributed by atoms with E-state index in [9.17, 15) is 4.79 Å². The summed E-state index contributed by atoms with van der Waals surface area (Å²) in [6.07, 6.45) is 0. The Hall–Kier alpha value is -1.75. The van der Waals surface area contributed by atoms with Gasteiger partial charge in [0, 0.05) is 11.8 Å². The van der Waals surface area contributed by atoms with Gasteiger partial charge in [-0.2, -0.15) is 0 Å². The van der Waals surface area contributed by atoms with Crippen molar-refractivity contribution < 1.29 is 14.3 Å². The smallest absolute Gasteiger partial charge is 0.241 e. The molecule has 1 atom stereocenters. The van der Waals surface area contributed by atoms with Crippen molar-refractivity contribution in [3.8, 4) is 11.5 Å². The second-order valence-electron chi connectivity index (χ2n) is 3.57. The molecule has 0 aromatic heterocycles. The summed E-state index contributed by atoms with van der Waals surface area (Å²) in [7, 11) is 1.74. The van der Waals surface area contributed by atoms with E-state index in [2.05, 4.69) is 10.6 Å². The molecule has 5 heteroatoms. The van der Waals surface area contributed by atoms with Gasteiger partial charge in [-0.05, 0) is 26.1 Å². The minimum absolute atomic E-state index is 0.0821. The molecule has 0 saturated heterocycles. The molecular weight excluding hydrogens is 208 g/mol. The third-order valence-electron chi connectivity index (χ3n) is 2.47. The van der Waals surface area contributed by atoms with Crippen LogP contribution in [0.4, 0.5) is 5.69 Å². The van der Waals surface area contributed by atoms with E-state index in [1.54, 1.807) is 32.2 Å². The second kappa shape index (κ2) is 4.40. The standard InChI is InChI=1S/C11H14N2O3/c1-7(12-2)11(14)13-8-3-4-9-10(5-8)16-6-15-9/h3-5,7,12H,6H2,1-2H3,(H,13,14). The number of amides is 1. The molecule has 86 valence electrons.